The zero-order valence-electron chi connectivity index (χ0n) is 12.6. The molecule has 0 saturated carbocycles. The van der Waals surface area contributed by atoms with Gasteiger partial charge < -0.3 is 10.4 Å². The van der Waals surface area contributed by atoms with E-state index < -0.39 is 6.10 Å². The minimum atomic E-state index is -0.819. The zero-order chi connectivity index (χ0) is 14.7. The van der Waals surface area contributed by atoms with E-state index in [-0.39, 0.29) is 16.8 Å². The largest absolute Gasteiger partial charge is 0.387 e. The lowest BCUT2D eigenvalue weighted by Gasteiger charge is -2.34. The Balaban J connectivity index is 2.59. The van der Waals surface area contributed by atoms with Crippen LogP contribution in [0.15, 0.2) is 24.3 Å². The van der Waals surface area contributed by atoms with Crippen LogP contribution in [0.4, 0.5) is 4.39 Å². The summed E-state index contributed by atoms with van der Waals surface area (Å²) in [6, 6.07) is 6.36. The molecule has 2 N–H and O–H groups in total. The fourth-order valence-electron chi connectivity index (χ4n) is 2.62. The molecule has 1 aromatic rings. The van der Waals surface area contributed by atoms with E-state index in [1.807, 2.05) is 0 Å². The van der Waals surface area contributed by atoms with Gasteiger partial charge in [-0.3, -0.25) is 0 Å². The number of nitrogens with one attached hydrogen (secondary N) is 1. The number of hydrogen-bond acceptors (Lipinski definition) is 2. The van der Waals surface area contributed by atoms with Crippen molar-refractivity contribution in [2.75, 3.05) is 6.54 Å². The van der Waals surface area contributed by atoms with Crippen molar-refractivity contribution in [1.29, 1.82) is 0 Å². The van der Waals surface area contributed by atoms with Crippen molar-refractivity contribution in [3.05, 3.63) is 35.6 Å². The summed E-state index contributed by atoms with van der Waals surface area (Å²) >= 11 is 0. The van der Waals surface area contributed by atoms with Crippen LogP contribution in [0.25, 0.3) is 0 Å². The van der Waals surface area contributed by atoms with E-state index in [9.17, 15) is 9.50 Å². The minimum Gasteiger partial charge on any atom is -0.387 e. The molecule has 0 aliphatic carbocycles. The average Bonchev–Trinajstić information content (AvgIpc) is 2.23. The van der Waals surface area contributed by atoms with Crippen LogP contribution in [-0.2, 0) is 0 Å². The summed E-state index contributed by atoms with van der Waals surface area (Å²) in [6.45, 7) is 11.1. The van der Waals surface area contributed by atoms with Crippen LogP contribution in [0.2, 0.25) is 0 Å². The summed E-state index contributed by atoms with van der Waals surface area (Å²) in [7, 11) is 0. The molecule has 19 heavy (non-hydrogen) atoms. The van der Waals surface area contributed by atoms with Crippen LogP contribution in [0.3, 0.4) is 0 Å². The number of aliphatic hydroxyl groups excluding tert-OH is 1. The van der Waals surface area contributed by atoms with Gasteiger partial charge in [0.05, 0.1) is 6.10 Å². The summed E-state index contributed by atoms with van der Waals surface area (Å²) in [4.78, 5) is 0. The Morgan fingerprint density at radius 3 is 2.26 bits per heavy atom. The summed E-state index contributed by atoms with van der Waals surface area (Å²) in [5.41, 5.74) is 0.464. The van der Waals surface area contributed by atoms with E-state index in [1.165, 1.54) is 6.07 Å². The van der Waals surface area contributed by atoms with Crippen molar-refractivity contribution >= 4 is 0 Å². The third-order valence-corrected chi connectivity index (χ3v) is 3.01. The molecule has 0 heterocycles. The number of hydrogen-bond donors (Lipinski definition) is 2. The second-order valence-corrected chi connectivity index (χ2v) is 7.04. The molecular formula is C16H26FNO. The highest BCUT2D eigenvalue weighted by Gasteiger charge is 2.26. The van der Waals surface area contributed by atoms with Crippen LogP contribution in [-0.4, -0.2) is 17.2 Å². The second kappa shape index (κ2) is 6.02. The number of benzene rings is 1. The molecule has 0 aromatic heterocycles. The molecule has 3 heteroatoms. The van der Waals surface area contributed by atoms with Crippen LogP contribution < -0.4 is 5.32 Å². The highest BCUT2D eigenvalue weighted by molar-refractivity contribution is 5.20. The maximum Gasteiger partial charge on any atom is 0.129 e. The van der Waals surface area contributed by atoms with Crippen molar-refractivity contribution in [1.82, 2.24) is 5.32 Å². The lowest BCUT2D eigenvalue weighted by Crippen LogP contribution is -2.44. The van der Waals surface area contributed by atoms with Gasteiger partial charge in [0, 0.05) is 17.6 Å². The summed E-state index contributed by atoms with van der Waals surface area (Å²) < 4.78 is 13.5. The highest BCUT2D eigenvalue weighted by Crippen LogP contribution is 2.27. The Labute approximate surface area is 116 Å². The molecule has 2 nitrogen and oxygen atoms in total. The van der Waals surface area contributed by atoms with Gasteiger partial charge in [-0.15, -0.1) is 0 Å². The first-order valence-electron chi connectivity index (χ1n) is 6.78. The predicted octanol–water partition coefficient (Wildman–Crippen LogP) is 3.66. The average molecular weight is 267 g/mol. The van der Waals surface area contributed by atoms with Crippen LogP contribution in [0, 0.1) is 11.2 Å². The third-order valence-electron chi connectivity index (χ3n) is 3.01. The van der Waals surface area contributed by atoms with Gasteiger partial charge >= 0.3 is 0 Å². The highest BCUT2D eigenvalue weighted by atomic mass is 19.1. The molecule has 1 atom stereocenters. The minimum absolute atomic E-state index is 0.0928. The molecule has 0 saturated heterocycles. The molecule has 0 amide bonds. The maximum absolute atomic E-state index is 13.5. The summed E-state index contributed by atoms with van der Waals surface area (Å²) in [6.07, 6.45) is 0.157. The van der Waals surface area contributed by atoms with Crippen molar-refractivity contribution in [3.8, 4) is 0 Å². The Morgan fingerprint density at radius 2 is 1.74 bits per heavy atom. The number of halogens is 1. The summed E-state index contributed by atoms with van der Waals surface area (Å²) in [5.74, 6) is -0.356. The first-order valence-corrected chi connectivity index (χ1v) is 6.78. The van der Waals surface area contributed by atoms with Gasteiger partial charge in [0.15, 0.2) is 0 Å². The van der Waals surface area contributed by atoms with Gasteiger partial charge in [-0.25, -0.2) is 4.39 Å². The van der Waals surface area contributed by atoms with Crippen molar-refractivity contribution < 1.29 is 9.50 Å². The standard InChI is InChI=1S/C16H26FNO/c1-15(2,3)11-16(4,5)18-10-14(19)12-8-6-7-9-13(12)17/h6-9,14,18-19H,10-11H2,1-5H3. The molecule has 0 bridgehead atoms. The predicted molar refractivity (Wildman–Crippen MR) is 77.5 cm³/mol. The van der Waals surface area contributed by atoms with Gasteiger partial charge in [0.2, 0.25) is 0 Å². The fraction of sp³-hybridized carbons (Fsp3) is 0.625. The summed E-state index contributed by atoms with van der Waals surface area (Å²) in [5, 5.41) is 13.4. The van der Waals surface area contributed by atoms with E-state index >= 15 is 0 Å². The number of aliphatic hydroxyl groups is 1. The zero-order valence-corrected chi connectivity index (χ0v) is 12.6. The van der Waals surface area contributed by atoms with Crippen LogP contribution in [0.1, 0.15) is 52.7 Å². The first-order chi connectivity index (χ1) is 8.61. The Bertz CT molecular complexity index is 409. The molecule has 0 radical (unpaired) electrons. The molecule has 1 unspecified atom stereocenters. The van der Waals surface area contributed by atoms with Crippen molar-refractivity contribution in [2.24, 2.45) is 5.41 Å². The first kappa shape index (κ1) is 16.1. The van der Waals surface area contributed by atoms with Crippen LogP contribution >= 0.6 is 0 Å². The second-order valence-electron chi connectivity index (χ2n) is 7.04. The van der Waals surface area contributed by atoms with Gasteiger partial charge in [-0.05, 0) is 31.7 Å². The van der Waals surface area contributed by atoms with Crippen LogP contribution in [0.5, 0.6) is 0 Å². The molecule has 108 valence electrons. The monoisotopic (exact) mass is 267 g/mol. The topological polar surface area (TPSA) is 32.3 Å². The quantitative estimate of drug-likeness (QED) is 0.853. The van der Waals surface area contributed by atoms with E-state index in [4.69, 9.17) is 0 Å². The molecule has 0 aliphatic rings. The fourth-order valence-corrected chi connectivity index (χ4v) is 2.62. The normalized spacial score (nSPS) is 14.5. The SMILES string of the molecule is CC(C)(C)CC(C)(C)NCC(O)c1ccccc1F. The van der Waals surface area contributed by atoms with E-state index in [1.54, 1.807) is 18.2 Å². The number of rotatable bonds is 5. The Hall–Kier alpha value is -0.930. The Morgan fingerprint density at radius 1 is 1.16 bits per heavy atom. The van der Waals surface area contributed by atoms with Gasteiger partial charge in [0.25, 0.3) is 0 Å². The lowest BCUT2D eigenvalue weighted by atomic mass is 9.81. The van der Waals surface area contributed by atoms with E-state index in [0.717, 1.165) is 6.42 Å². The van der Waals surface area contributed by atoms with Gasteiger partial charge in [0.1, 0.15) is 5.82 Å². The molecule has 1 aromatic carbocycles. The molecule has 1 rings (SSSR count). The number of β-amino-alcohol motifs (C(OH)–C–C–N with tert-alkyl or cyclic N) is 1. The smallest absolute Gasteiger partial charge is 0.129 e. The molecule has 0 aliphatic heterocycles. The van der Waals surface area contributed by atoms with E-state index in [0.29, 0.717) is 12.1 Å². The molecular weight excluding hydrogens is 241 g/mol. The molecule has 0 fully saturated rings. The Kier molecular flexibility index (Phi) is 5.11. The molecule has 0 spiro atoms. The van der Waals surface area contributed by atoms with Crippen molar-refractivity contribution in [2.45, 2.75) is 52.7 Å². The van der Waals surface area contributed by atoms with E-state index in [2.05, 4.69) is 39.9 Å². The van der Waals surface area contributed by atoms with Crippen molar-refractivity contribution in [3.63, 3.8) is 0 Å². The third kappa shape index (κ3) is 5.70. The van der Waals surface area contributed by atoms with Gasteiger partial charge in [-0.1, -0.05) is 39.0 Å². The van der Waals surface area contributed by atoms with Gasteiger partial charge in [-0.2, -0.15) is 0 Å². The lowest BCUT2D eigenvalue weighted by molar-refractivity contribution is 0.145. The maximum atomic E-state index is 13.5.